The van der Waals surface area contributed by atoms with E-state index in [1.165, 1.54) is 43.1 Å². The molecule has 5 heteroatoms. The fraction of sp³-hybridized carbons (Fsp3) is 0.464. The molecule has 0 unspecified atom stereocenters. The number of H-pyrrole nitrogens is 1. The monoisotopic (exact) mass is 448 g/mol. The molecule has 0 saturated carbocycles. The molecule has 1 aliphatic rings. The Bertz CT molecular complexity index is 1040. The molecule has 2 heterocycles. The highest BCUT2D eigenvalue weighted by atomic mass is 16.7. The molecule has 1 amide bonds. The van der Waals surface area contributed by atoms with Gasteiger partial charge in [-0.1, -0.05) is 69.7 Å². The Morgan fingerprint density at radius 2 is 1.76 bits per heavy atom. The number of ether oxygens (including phenoxy) is 2. The largest absolute Gasteiger partial charge is 0.454 e. The summed E-state index contributed by atoms with van der Waals surface area (Å²) in [5.74, 6) is 1.78. The van der Waals surface area contributed by atoms with Crippen LogP contribution in [0, 0.1) is 0 Å². The average molecular weight is 449 g/mol. The number of aromatic nitrogens is 1. The van der Waals surface area contributed by atoms with Gasteiger partial charge in [0.1, 0.15) is 0 Å². The van der Waals surface area contributed by atoms with E-state index in [1.54, 1.807) is 0 Å². The zero-order chi connectivity index (χ0) is 22.9. The Balaban J connectivity index is 1.37. The quantitative estimate of drug-likeness (QED) is 0.299. The predicted molar refractivity (Wildman–Crippen MR) is 133 cm³/mol. The van der Waals surface area contributed by atoms with Crippen LogP contribution in [0.2, 0.25) is 0 Å². The second kappa shape index (κ2) is 11.8. The third-order valence-corrected chi connectivity index (χ3v) is 6.48. The summed E-state index contributed by atoms with van der Waals surface area (Å²) in [4.78, 5) is 18.6. The van der Waals surface area contributed by atoms with Gasteiger partial charge in [-0.2, -0.15) is 0 Å². The lowest BCUT2D eigenvalue weighted by Gasteiger charge is -2.23. The van der Waals surface area contributed by atoms with Gasteiger partial charge in [0.15, 0.2) is 11.5 Å². The second-order valence-electron chi connectivity index (χ2n) is 8.98. The van der Waals surface area contributed by atoms with Crippen molar-refractivity contribution >= 4 is 16.8 Å². The van der Waals surface area contributed by atoms with E-state index in [9.17, 15) is 4.79 Å². The van der Waals surface area contributed by atoms with Gasteiger partial charge in [-0.05, 0) is 42.2 Å². The number of unbranched alkanes of at least 4 members (excludes halogenated alkanes) is 6. The van der Waals surface area contributed by atoms with Crippen LogP contribution in [0.15, 0.2) is 48.7 Å². The Labute approximate surface area is 197 Å². The lowest BCUT2D eigenvalue weighted by molar-refractivity contribution is -0.131. The summed E-state index contributed by atoms with van der Waals surface area (Å²) in [7, 11) is 0. The molecule has 0 fully saturated rings. The van der Waals surface area contributed by atoms with E-state index in [-0.39, 0.29) is 12.7 Å². The van der Waals surface area contributed by atoms with E-state index in [2.05, 4.69) is 36.3 Å². The van der Waals surface area contributed by atoms with Crippen molar-refractivity contribution in [2.75, 3.05) is 13.3 Å². The van der Waals surface area contributed by atoms with Crippen molar-refractivity contribution in [3.63, 3.8) is 0 Å². The molecule has 176 valence electrons. The molecular formula is C28H36N2O3. The summed E-state index contributed by atoms with van der Waals surface area (Å²) in [5.41, 5.74) is 3.47. The minimum Gasteiger partial charge on any atom is -0.454 e. The number of hydrogen-bond acceptors (Lipinski definition) is 3. The van der Waals surface area contributed by atoms with Crippen LogP contribution in [-0.2, 0) is 17.8 Å². The van der Waals surface area contributed by atoms with Crippen molar-refractivity contribution in [3.05, 3.63) is 59.8 Å². The van der Waals surface area contributed by atoms with E-state index in [1.807, 2.05) is 29.2 Å². The first-order valence-corrected chi connectivity index (χ1v) is 12.5. The number of para-hydroxylation sites is 1. The van der Waals surface area contributed by atoms with Crippen molar-refractivity contribution in [3.8, 4) is 11.5 Å². The van der Waals surface area contributed by atoms with E-state index in [4.69, 9.17) is 9.47 Å². The highest BCUT2D eigenvalue weighted by Crippen LogP contribution is 2.33. The molecule has 0 atom stereocenters. The molecule has 3 aromatic rings. The molecule has 0 radical (unpaired) electrons. The minimum atomic E-state index is 0.237. The zero-order valence-corrected chi connectivity index (χ0v) is 19.8. The Hall–Kier alpha value is -2.95. The normalized spacial score (nSPS) is 12.4. The number of carbonyl (C=O) groups is 1. The van der Waals surface area contributed by atoms with Crippen molar-refractivity contribution in [1.82, 2.24) is 9.88 Å². The van der Waals surface area contributed by atoms with Gasteiger partial charge in [0.05, 0.1) is 0 Å². The smallest absolute Gasteiger partial charge is 0.231 e. The molecule has 1 aliphatic heterocycles. The number of rotatable bonds is 13. The number of fused-ring (bicyclic) bond motifs is 2. The Morgan fingerprint density at radius 3 is 2.64 bits per heavy atom. The third kappa shape index (κ3) is 6.31. The topological polar surface area (TPSA) is 54.6 Å². The fourth-order valence-corrected chi connectivity index (χ4v) is 4.54. The van der Waals surface area contributed by atoms with Gasteiger partial charge in [0.2, 0.25) is 12.7 Å². The fourth-order valence-electron chi connectivity index (χ4n) is 4.54. The molecule has 5 nitrogen and oxygen atoms in total. The van der Waals surface area contributed by atoms with Crippen LogP contribution >= 0.6 is 0 Å². The first kappa shape index (κ1) is 23.2. The summed E-state index contributed by atoms with van der Waals surface area (Å²) in [6.45, 7) is 3.80. The number of nitrogens with one attached hydrogen (secondary N) is 1. The molecule has 1 aromatic heterocycles. The number of hydrogen-bond donors (Lipinski definition) is 1. The first-order chi connectivity index (χ1) is 16.2. The lowest BCUT2D eigenvalue weighted by atomic mass is 10.1. The van der Waals surface area contributed by atoms with Crippen molar-refractivity contribution in [1.29, 1.82) is 0 Å². The van der Waals surface area contributed by atoms with E-state index >= 15 is 0 Å². The number of carbonyl (C=O) groups excluding carboxylic acids is 1. The maximum absolute atomic E-state index is 13.2. The van der Waals surface area contributed by atoms with Gasteiger partial charge in [-0.15, -0.1) is 0 Å². The van der Waals surface area contributed by atoms with Crippen LogP contribution in [0.5, 0.6) is 11.5 Å². The number of benzene rings is 2. The Morgan fingerprint density at radius 1 is 0.970 bits per heavy atom. The van der Waals surface area contributed by atoms with E-state index in [0.29, 0.717) is 19.5 Å². The van der Waals surface area contributed by atoms with Crippen LogP contribution in [-0.4, -0.2) is 29.1 Å². The van der Waals surface area contributed by atoms with E-state index < -0.39 is 0 Å². The van der Waals surface area contributed by atoms with Crippen molar-refractivity contribution < 1.29 is 14.3 Å². The second-order valence-corrected chi connectivity index (χ2v) is 8.98. The molecule has 33 heavy (non-hydrogen) atoms. The molecule has 0 saturated heterocycles. The SMILES string of the molecule is CCCCCCCCCC(=O)N(CCc1c[nH]c2ccccc12)Cc1ccc2c(c1)OCO2. The molecule has 0 spiro atoms. The van der Waals surface area contributed by atoms with Gasteiger partial charge >= 0.3 is 0 Å². The molecule has 4 rings (SSSR count). The highest BCUT2D eigenvalue weighted by Gasteiger charge is 2.18. The van der Waals surface area contributed by atoms with Crippen LogP contribution in [0.25, 0.3) is 10.9 Å². The van der Waals surface area contributed by atoms with Crippen LogP contribution in [0.4, 0.5) is 0 Å². The average Bonchev–Trinajstić information content (AvgIpc) is 3.47. The Kier molecular flexibility index (Phi) is 8.29. The molecular weight excluding hydrogens is 412 g/mol. The molecule has 2 aromatic carbocycles. The van der Waals surface area contributed by atoms with Crippen LogP contribution in [0.1, 0.15) is 69.4 Å². The molecule has 1 N–H and O–H groups in total. The van der Waals surface area contributed by atoms with Gasteiger partial charge in [0, 0.05) is 36.6 Å². The summed E-state index contributed by atoms with van der Waals surface area (Å²) >= 11 is 0. The van der Waals surface area contributed by atoms with Gasteiger partial charge in [-0.3, -0.25) is 4.79 Å². The maximum atomic E-state index is 13.2. The molecule has 0 aliphatic carbocycles. The summed E-state index contributed by atoms with van der Waals surface area (Å²) in [6, 6.07) is 14.3. The summed E-state index contributed by atoms with van der Waals surface area (Å²) in [5, 5.41) is 1.24. The third-order valence-electron chi connectivity index (χ3n) is 6.48. The zero-order valence-electron chi connectivity index (χ0n) is 19.8. The van der Waals surface area contributed by atoms with Gasteiger partial charge in [0.25, 0.3) is 0 Å². The van der Waals surface area contributed by atoms with Crippen LogP contribution in [0.3, 0.4) is 0 Å². The van der Waals surface area contributed by atoms with Gasteiger partial charge < -0.3 is 19.4 Å². The minimum absolute atomic E-state index is 0.237. The van der Waals surface area contributed by atoms with Crippen LogP contribution < -0.4 is 9.47 Å². The molecule has 0 bridgehead atoms. The van der Waals surface area contributed by atoms with E-state index in [0.717, 1.165) is 41.8 Å². The highest BCUT2D eigenvalue weighted by molar-refractivity contribution is 5.83. The number of nitrogens with zero attached hydrogens (tertiary/aromatic N) is 1. The standard InChI is InChI=1S/C28H36N2O3/c1-2-3-4-5-6-7-8-13-28(31)30(20-22-14-15-26-27(18-22)33-21-32-26)17-16-23-19-29-25-12-10-9-11-24(23)25/h9-12,14-15,18-19,29H,2-8,13,16-17,20-21H2,1H3. The first-order valence-electron chi connectivity index (χ1n) is 12.5. The number of amides is 1. The van der Waals surface area contributed by atoms with Crippen molar-refractivity contribution in [2.24, 2.45) is 0 Å². The van der Waals surface area contributed by atoms with Crippen molar-refractivity contribution in [2.45, 2.75) is 71.3 Å². The maximum Gasteiger partial charge on any atom is 0.231 e. The van der Waals surface area contributed by atoms with Gasteiger partial charge in [-0.25, -0.2) is 0 Å². The lowest BCUT2D eigenvalue weighted by Crippen LogP contribution is -2.32. The predicted octanol–water partition coefficient (Wildman–Crippen LogP) is 6.61. The summed E-state index contributed by atoms with van der Waals surface area (Å²) in [6.07, 6.45) is 12.0. The summed E-state index contributed by atoms with van der Waals surface area (Å²) < 4.78 is 11.0. The number of aromatic amines is 1.